The summed E-state index contributed by atoms with van der Waals surface area (Å²) in [7, 11) is 0. The van der Waals surface area contributed by atoms with Gasteiger partial charge in [-0.05, 0) is 64.8 Å². The second-order valence-electron chi connectivity index (χ2n) is 6.60. The van der Waals surface area contributed by atoms with Crippen LogP contribution < -0.4 is 14.8 Å². The number of carbonyl (C=O) groups is 1. The third kappa shape index (κ3) is 7.09. The third-order valence-electron chi connectivity index (χ3n) is 4.13. The Morgan fingerprint density at radius 3 is 2.66 bits per heavy atom. The minimum atomic E-state index is -0.320. The number of ether oxygens (including phenoxy) is 2. The van der Waals surface area contributed by atoms with Crippen molar-refractivity contribution < 1.29 is 23.5 Å². The van der Waals surface area contributed by atoms with E-state index in [4.69, 9.17) is 14.3 Å². The first-order valence-electron chi connectivity index (χ1n) is 9.89. The molecule has 8 heteroatoms. The molecule has 0 unspecified atom stereocenters. The third-order valence-corrected chi connectivity index (χ3v) is 4.72. The molecule has 3 aromatic carbocycles. The largest absolute Gasteiger partial charge is 0.490 e. The van der Waals surface area contributed by atoms with Crippen LogP contribution in [0.15, 0.2) is 76.4 Å². The lowest BCUT2D eigenvalue weighted by Crippen LogP contribution is -2.16. The summed E-state index contributed by atoms with van der Waals surface area (Å²) >= 11 is 3.48. The Kier molecular flexibility index (Phi) is 8.62. The summed E-state index contributed by atoms with van der Waals surface area (Å²) in [5.41, 5.74) is 2.07. The van der Waals surface area contributed by atoms with E-state index >= 15 is 0 Å². The molecule has 1 amide bonds. The molecule has 0 atom stereocenters. The predicted octanol–water partition coefficient (Wildman–Crippen LogP) is 5.56. The molecule has 32 heavy (non-hydrogen) atoms. The smallest absolute Gasteiger partial charge is 0.265 e. The van der Waals surface area contributed by atoms with E-state index in [1.54, 1.807) is 36.4 Å². The summed E-state index contributed by atoms with van der Waals surface area (Å²) in [4.78, 5) is 17.0. The molecule has 0 fully saturated rings. The second kappa shape index (κ2) is 11.9. The van der Waals surface area contributed by atoms with Crippen LogP contribution in [0.3, 0.4) is 0 Å². The van der Waals surface area contributed by atoms with E-state index < -0.39 is 0 Å². The highest BCUT2D eigenvalue weighted by Crippen LogP contribution is 2.37. The maximum Gasteiger partial charge on any atom is 0.265 e. The van der Waals surface area contributed by atoms with Gasteiger partial charge in [0.25, 0.3) is 5.91 Å². The lowest BCUT2D eigenvalue weighted by atomic mass is 10.2. The van der Waals surface area contributed by atoms with Crippen LogP contribution in [0.5, 0.6) is 11.5 Å². The summed E-state index contributed by atoms with van der Waals surface area (Å²) in [6.07, 6.45) is 1.47. The maximum absolute atomic E-state index is 13.4. The van der Waals surface area contributed by atoms with Crippen LogP contribution >= 0.6 is 15.9 Å². The van der Waals surface area contributed by atoms with Crippen molar-refractivity contribution in [2.24, 2.45) is 5.16 Å². The number of halogens is 2. The Balaban J connectivity index is 1.61. The molecule has 0 heterocycles. The van der Waals surface area contributed by atoms with E-state index in [2.05, 4.69) is 26.4 Å². The standard InChI is InChI=1S/C24H22BrFN2O4/c1-2-30-22-13-18(14-27-32-16-23(29)28-20-9-4-3-5-10-20)12-21(25)24(22)31-15-17-7-6-8-19(26)11-17/h3-14H,2,15-16H2,1H3,(H,28,29)/b27-14+. The fourth-order valence-electron chi connectivity index (χ4n) is 2.76. The van der Waals surface area contributed by atoms with Crippen molar-refractivity contribution in [3.05, 3.63) is 88.1 Å². The van der Waals surface area contributed by atoms with Gasteiger partial charge >= 0.3 is 0 Å². The molecule has 0 radical (unpaired) electrons. The minimum absolute atomic E-state index is 0.184. The Labute approximate surface area is 194 Å². The van der Waals surface area contributed by atoms with E-state index in [0.29, 0.717) is 39.4 Å². The van der Waals surface area contributed by atoms with E-state index in [0.717, 1.165) is 0 Å². The molecule has 166 valence electrons. The SMILES string of the molecule is CCOc1cc(/C=N/OCC(=O)Nc2ccccc2)cc(Br)c1OCc1cccc(F)c1. The molecule has 6 nitrogen and oxygen atoms in total. The molecule has 3 rings (SSSR count). The van der Waals surface area contributed by atoms with Crippen LogP contribution in [0.25, 0.3) is 0 Å². The molecule has 3 aromatic rings. The highest BCUT2D eigenvalue weighted by atomic mass is 79.9. The Morgan fingerprint density at radius 2 is 1.91 bits per heavy atom. The molecule has 0 bridgehead atoms. The average Bonchev–Trinajstić information content (AvgIpc) is 2.77. The lowest BCUT2D eigenvalue weighted by Gasteiger charge is -2.14. The van der Waals surface area contributed by atoms with E-state index in [-0.39, 0.29) is 24.9 Å². The first-order chi connectivity index (χ1) is 15.5. The number of benzene rings is 3. The number of anilines is 1. The van der Waals surface area contributed by atoms with Gasteiger partial charge in [-0.25, -0.2) is 4.39 Å². The molecule has 0 aliphatic heterocycles. The fraction of sp³-hybridized carbons (Fsp3) is 0.167. The summed E-state index contributed by atoms with van der Waals surface area (Å²) < 4.78 is 25.6. The molecule has 0 saturated heterocycles. The maximum atomic E-state index is 13.4. The number of para-hydroxylation sites is 1. The number of nitrogens with one attached hydrogen (secondary N) is 1. The van der Waals surface area contributed by atoms with E-state index in [1.165, 1.54) is 18.3 Å². The number of carbonyl (C=O) groups excluding carboxylic acids is 1. The van der Waals surface area contributed by atoms with Gasteiger partial charge in [0, 0.05) is 11.3 Å². The second-order valence-corrected chi connectivity index (χ2v) is 7.46. The highest BCUT2D eigenvalue weighted by molar-refractivity contribution is 9.10. The van der Waals surface area contributed by atoms with Crippen molar-refractivity contribution in [3.63, 3.8) is 0 Å². The van der Waals surface area contributed by atoms with Gasteiger partial charge in [-0.2, -0.15) is 0 Å². The zero-order chi connectivity index (χ0) is 22.8. The monoisotopic (exact) mass is 500 g/mol. The molecule has 1 N–H and O–H groups in total. The number of nitrogens with zero attached hydrogens (tertiary/aromatic N) is 1. The van der Waals surface area contributed by atoms with Gasteiger partial charge in [0.05, 0.1) is 17.3 Å². The number of amides is 1. The molecular formula is C24H22BrFN2O4. The molecule has 0 spiro atoms. The van der Waals surface area contributed by atoms with Gasteiger partial charge in [-0.15, -0.1) is 0 Å². The van der Waals surface area contributed by atoms with Crippen molar-refractivity contribution in [1.29, 1.82) is 0 Å². The minimum Gasteiger partial charge on any atom is -0.490 e. The first-order valence-corrected chi connectivity index (χ1v) is 10.7. The van der Waals surface area contributed by atoms with E-state index in [9.17, 15) is 9.18 Å². The van der Waals surface area contributed by atoms with Gasteiger partial charge < -0.3 is 19.6 Å². The van der Waals surface area contributed by atoms with Gasteiger partial charge in [-0.3, -0.25) is 4.79 Å². The number of hydrogen-bond donors (Lipinski definition) is 1. The van der Waals surface area contributed by atoms with Crippen molar-refractivity contribution in [2.45, 2.75) is 13.5 Å². The highest BCUT2D eigenvalue weighted by Gasteiger charge is 2.12. The van der Waals surface area contributed by atoms with Crippen LogP contribution in [0.1, 0.15) is 18.1 Å². The van der Waals surface area contributed by atoms with E-state index in [1.807, 2.05) is 25.1 Å². The molecular weight excluding hydrogens is 479 g/mol. The van der Waals surface area contributed by atoms with Crippen molar-refractivity contribution in [3.8, 4) is 11.5 Å². The molecule has 0 aliphatic carbocycles. The van der Waals surface area contributed by atoms with Crippen molar-refractivity contribution in [2.75, 3.05) is 18.5 Å². The summed E-state index contributed by atoms with van der Waals surface area (Å²) in [5, 5.41) is 6.56. The van der Waals surface area contributed by atoms with Crippen LogP contribution in [-0.2, 0) is 16.2 Å². The summed E-state index contributed by atoms with van der Waals surface area (Å²) in [5.74, 6) is 0.364. The average molecular weight is 501 g/mol. The predicted molar refractivity (Wildman–Crippen MR) is 125 cm³/mol. The molecule has 0 aromatic heterocycles. The van der Waals surface area contributed by atoms with Crippen LogP contribution in [-0.4, -0.2) is 25.3 Å². The van der Waals surface area contributed by atoms with Crippen LogP contribution in [0.2, 0.25) is 0 Å². The van der Waals surface area contributed by atoms with Crippen molar-refractivity contribution in [1.82, 2.24) is 0 Å². The van der Waals surface area contributed by atoms with Gasteiger partial charge in [0.15, 0.2) is 18.1 Å². The zero-order valence-corrected chi connectivity index (χ0v) is 19.0. The van der Waals surface area contributed by atoms with Crippen LogP contribution in [0.4, 0.5) is 10.1 Å². The topological polar surface area (TPSA) is 69.2 Å². The zero-order valence-electron chi connectivity index (χ0n) is 17.4. The Morgan fingerprint density at radius 1 is 1.09 bits per heavy atom. The first kappa shape index (κ1) is 23.3. The number of oxime groups is 1. The van der Waals surface area contributed by atoms with Gasteiger partial charge in [-0.1, -0.05) is 35.5 Å². The molecule has 0 aliphatic rings. The normalized spacial score (nSPS) is 10.7. The van der Waals surface area contributed by atoms with Gasteiger partial charge in [0.1, 0.15) is 12.4 Å². The fourth-order valence-corrected chi connectivity index (χ4v) is 3.33. The Bertz CT molecular complexity index is 1080. The van der Waals surface area contributed by atoms with Crippen LogP contribution in [0, 0.1) is 5.82 Å². The summed E-state index contributed by atoms with van der Waals surface area (Å²) in [6.45, 7) is 2.25. The number of hydrogen-bond acceptors (Lipinski definition) is 5. The van der Waals surface area contributed by atoms with Gasteiger partial charge in [0.2, 0.25) is 0 Å². The Hall–Kier alpha value is -3.39. The summed E-state index contributed by atoms with van der Waals surface area (Å²) in [6, 6.07) is 18.8. The lowest BCUT2D eigenvalue weighted by molar-refractivity contribution is -0.120. The van der Waals surface area contributed by atoms with Crippen molar-refractivity contribution >= 4 is 33.7 Å². The number of rotatable bonds is 10. The quantitative estimate of drug-likeness (QED) is 0.292. The molecule has 0 saturated carbocycles.